The minimum Gasteiger partial charge on any atom is -0.469 e. The third-order valence-corrected chi connectivity index (χ3v) is 4.35. The van der Waals surface area contributed by atoms with Gasteiger partial charge in [0.2, 0.25) is 0 Å². The minimum atomic E-state index is 0.00151. The summed E-state index contributed by atoms with van der Waals surface area (Å²) in [6.45, 7) is 4.25. The van der Waals surface area contributed by atoms with E-state index in [1.165, 1.54) is 20.0 Å². The summed E-state index contributed by atoms with van der Waals surface area (Å²) in [6, 6.07) is 0. The largest absolute Gasteiger partial charge is 0.469 e. The predicted octanol–water partition coefficient (Wildman–Crippen LogP) is 0.727. The molecule has 0 bridgehead atoms. The van der Waals surface area contributed by atoms with Gasteiger partial charge in [0, 0.05) is 6.54 Å². The average molecular weight is 240 g/mol. The van der Waals surface area contributed by atoms with Crippen molar-refractivity contribution in [1.29, 1.82) is 0 Å². The first-order chi connectivity index (χ1) is 8.22. The molecule has 1 N–H and O–H groups in total. The van der Waals surface area contributed by atoms with Crippen LogP contribution in [0.2, 0.25) is 0 Å². The molecule has 2 fully saturated rings. The third kappa shape index (κ3) is 2.99. The van der Waals surface area contributed by atoms with Gasteiger partial charge in [-0.15, -0.1) is 0 Å². The maximum atomic E-state index is 11.9. The molecular formula is C13H24N2O2. The Morgan fingerprint density at radius 1 is 1.29 bits per heavy atom. The molecule has 98 valence electrons. The number of nitrogens with zero attached hydrogens (tertiary/aromatic N) is 1. The molecule has 17 heavy (non-hydrogen) atoms. The summed E-state index contributed by atoms with van der Waals surface area (Å²) in [5.74, 6) is 1.30. The van der Waals surface area contributed by atoms with E-state index in [4.69, 9.17) is 4.74 Å². The number of esters is 1. The number of carbonyl (C=O) groups excluding carboxylic acids is 1. The molecule has 0 aromatic carbocycles. The Kier molecular flexibility index (Phi) is 4.40. The van der Waals surface area contributed by atoms with Crippen LogP contribution in [-0.4, -0.2) is 51.2 Å². The summed E-state index contributed by atoms with van der Waals surface area (Å²) in [6.07, 6.45) is 3.36. The molecule has 0 radical (unpaired) electrons. The quantitative estimate of drug-likeness (QED) is 0.722. The Balaban J connectivity index is 2.04. The van der Waals surface area contributed by atoms with Crippen LogP contribution < -0.4 is 5.32 Å². The Labute approximate surface area is 104 Å². The maximum Gasteiger partial charge on any atom is 0.309 e. The van der Waals surface area contributed by atoms with Gasteiger partial charge in [-0.25, -0.2) is 0 Å². The van der Waals surface area contributed by atoms with E-state index in [0.717, 1.165) is 32.6 Å². The molecule has 0 saturated carbocycles. The predicted molar refractivity (Wildman–Crippen MR) is 66.7 cm³/mol. The van der Waals surface area contributed by atoms with Crippen molar-refractivity contribution in [2.45, 2.75) is 19.3 Å². The van der Waals surface area contributed by atoms with Gasteiger partial charge >= 0.3 is 5.97 Å². The fourth-order valence-corrected chi connectivity index (χ4v) is 3.35. The van der Waals surface area contributed by atoms with Crippen LogP contribution in [0.3, 0.4) is 0 Å². The summed E-state index contributed by atoms with van der Waals surface area (Å²) in [5, 5.41) is 3.39. The molecule has 0 aromatic rings. The number of piperidine rings is 2. The van der Waals surface area contributed by atoms with Crippen molar-refractivity contribution in [2.24, 2.45) is 17.8 Å². The number of likely N-dealkylation sites (tertiary alicyclic amines) is 1. The van der Waals surface area contributed by atoms with Crippen molar-refractivity contribution in [2.75, 3.05) is 40.3 Å². The fraction of sp³-hybridized carbons (Fsp3) is 0.923. The zero-order chi connectivity index (χ0) is 12.3. The normalized spacial score (nSPS) is 32.4. The average Bonchev–Trinajstić information content (AvgIpc) is 2.39. The molecule has 2 saturated heterocycles. The van der Waals surface area contributed by atoms with Gasteiger partial charge in [-0.3, -0.25) is 4.79 Å². The van der Waals surface area contributed by atoms with E-state index in [2.05, 4.69) is 17.3 Å². The molecule has 2 aliphatic rings. The lowest BCUT2D eigenvalue weighted by Gasteiger charge is -2.41. The van der Waals surface area contributed by atoms with Crippen LogP contribution in [-0.2, 0) is 9.53 Å². The highest BCUT2D eigenvalue weighted by molar-refractivity contribution is 5.72. The molecule has 2 atom stereocenters. The highest BCUT2D eigenvalue weighted by Gasteiger charge is 2.38. The van der Waals surface area contributed by atoms with Crippen molar-refractivity contribution in [3.8, 4) is 0 Å². The van der Waals surface area contributed by atoms with Gasteiger partial charge in [-0.1, -0.05) is 0 Å². The second-order valence-electron chi connectivity index (χ2n) is 5.43. The SMILES string of the molecule is COC(=O)C1CCN(C)CC1C1CCNCC1. The summed E-state index contributed by atoms with van der Waals surface area (Å²) in [4.78, 5) is 14.2. The van der Waals surface area contributed by atoms with Gasteiger partial charge in [0.1, 0.15) is 0 Å². The second kappa shape index (κ2) is 5.83. The van der Waals surface area contributed by atoms with Gasteiger partial charge in [0.15, 0.2) is 0 Å². The standard InChI is InChI=1S/C13H24N2O2/c1-15-8-5-11(13(16)17-2)12(9-15)10-3-6-14-7-4-10/h10-12,14H,3-9H2,1-2H3. The van der Waals surface area contributed by atoms with Crippen molar-refractivity contribution >= 4 is 5.97 Å². The monoisotopic (exact) mass is 240 g/mol. The summed E-state index contributed by atoms with van der Waals surface area (Å²) in [7, 11) is 3.67. The Hall–Kier alpha value is -0.610. The Bertz CT molecular complexity index is 264. The van der Waals surface area contributed by atoms with Crippen molar-refractivity contribution < 1.29 is 9.53 Å². The lowest BCUT2D eigenvalue weighted by atomic mass is 9.73. The van der Waals surface area contributed by atoms with Gasteiger partial charge in [0.05, 0.1) is 13.0 Å². The Morgan fingerprint density at radius 3 is 2.65 bits per heavy atom. The minimum absolute atomic E-state index is 0.00151. The van der Waals surface area contributed by atoms with Gasteiger partial charge in [-0.05, 0) is 57.8 Å². The summed E-state index contributed by atoms with van der Waals surface area (Å²) < 4.78 is 4.97. The van der Waals surface area contributed by atoms with Crippen LogP contribution >= 0.6 is 0 Å². The first-order valence-corrected chi connectivity index (χ1v) is 6.69. The number of methoxy groups -OCH3 is 1. The van der Waals surface area contributed by atoms with E-state index < -0.39 is 0 Å². The van der Waals surface area contributed by atoms with Crippen LogP contribution in [0.5, 0.6) is 0 Å². The molecule has 4 heteroatoms. The van der Waals surface area contributed by atoms with Gasteiger partial charge in [-0.2, -0.15) is 0 Å². The smallest absolute Gasteiger partial charge is 0.309 e. The fourth-order valence-electron chi connectivity index (χ4n) is 3.35. The van der Waals surface area contributed by atoms with Crippen LogP contribution in [0.4, 0.5) is 0 Å². The van der Waals surface area contributed by atoms with Crippen molar-refractivity contribution in [3.05, 3.63) is 0 Å². The van der Waals surface area contributed by atoms with E-state index in [1.54, 1.807) is 0 Å². The maximum absolute atomic E-state index is 11.9. The van der Waals surface area contributed by atoms with Crippen LogP contribution in [0.1, 0.15) is 19.3 Å². The summed E-state index contributed by atoms with van der Waals surface area (Å²) in [5.41, 5.74) is 0. The molecule has 0 aromatic heterocycles. The van der Waals surface area contributed by atoms with Crippen LogP contribution in [0, 0.1) is 17.8 Å². The van der Waals surface area contributed by atoms with E-state index in [9.17, 15) is 4.79 Å². The first-order valence-electron chi connectivity index (χ1n) is 6.69. The number of nitrogens with one attached hydrogen (secondary N) is 1. The molecule has 0 amide bonds. The van der Waals surface area contributed by atoms with Crippen molar-refractivity contribution in [3.63, 3.8) is 0 Å². The molecule has 2 unspecified atom stereocenters. The zero-order valence-corrected chi connectivity index (χ0v) is 10.9. The topological polar surface area (TPSA) is 41.6 Å². The molecule has 2 heterocycles. The molecule has 0 aliphatic carbocycles. The zero-order valence-electron chi connectivity index (χ0n) is 10.9. The molecule has 2 aliphatic heterocycles. The highest BCUT2D eigenvalue weighted by atomic mass is 16.5. The molecule has 2 rings (SSSR count). The number of rotatable bonds is 2. The number of hydrogen-bond donors (Lipinski definition) is 1. The highest BCUT2D eigenvalue weighted by Crippen LogP contribution is 2.34. The molecule has 0 spiro atoms. The lowest BCUT2D eigenvalue weighted by molar-refractivity contribution is -0.150. The summed E-state index contributed by atoms with van der Waals surface area (Å²) >= 11 is 0. The first kappa shape index (κ1) is 12.8. The van der Waals surface area contributed by atoms with E-state index in [0.29, 0.717) is 11.8 Å². The van der Waals surface area contributed by atoms with Crippen LogP contribution in [0.25, 0.3) is 0 Å². The number of ether oxygens (including phenoxy) is 1. The number of carbonyl (C=O) groups is 1. The second-order valence-corrected chi connectivity index (χ2v) is 5.43. The Morgan fingerprint density at radius 2 is 2.00 bits per heavy atom. The molecular weight excluding hydrogens is 216 g/mol. The number of hydrogen-bond acceptors (Lipinski definition) is 4. The van der Waals surface area contributed by atoms with Gasteiger partial charge < -0.3 is 15.0 Å². The van der Waals surface area contributed by atoms with E-state index in [1.807, 2.05) is 0 Å². The third-order valence-electron chi connectivity index (χ3n) is 4.35. The molecule has 4 nitrogen and oxygen atoms in total. The van der Waals surface area contributed by atoms with Gasteiger partial charge in [0.25, 0.3) is 0 Å². The van der Waals surface area contributed by atoms with Crippen LogP contribution in [0.15, 0.2) is 0 Å². The van der Waals surface area contributed by atoms with E-state index >= 15 is 0 Å². The van der Waals surface area contributed by atoms with Crippen molar-refractivity contribution in [1.82, 2.24) is 10.2 Å². The lowest BCUT2D eigenvalue weighted by Crippen LogP contribution is -2.47. The van der Waals surface area contributed by atoms with E-state index in [-0.39, 0.29) is 11.9 Å².